The van der Waals surface area contributed by atoms with Gasteiger partial charge < -0.3 is 5.73 Å². The Morgan fingerprint density at radius 3 is 3.05 bits per heavy atom. The highest BCUT2D eigenvalue weighted by Crippen LogP contribution is 2.26. The zero-order chi connectivity index (χ0) is 14.8. The zero-order valence-corrected chi connectivity index (χ0v) is 12.4. The lowest BCUT2D eigenvalue weighted by atomic mass is 9.93. The molecule has 4 heteroatoms. The molecular formula is C17H22FN3. The van der Waals surface area contributed by atoms with Crippen molar-refractivity contribution >= 4 is 10.9 Å². The molecular weight excluding hydrogens is 265 g/mol. The van der Waals surface area contributed by atoms with Crippen LogP contribution in [0.2, 0.25) is 0 Å². The highest BCUT2D eigenvalue weighted by molar-refractivity contribution is 5.81. The monoisotopic (exact) mass is 287 g/mol. The minimum atomic E-state index is -0.189. The van der Waals surface area contributed by atoms with E-state index in [4.69, 9.17) is 5.73 Å². The number of rotatable bonds is 3. The Kier molecular flexibility index (Phi) is 4.17. The fraction of sp³-hybridized carbons (Fsp3) is 0.471. The molecule has 2 atom stereocenters. The Bertz CT molecular complexity index is 628. The molecule has 0 saturated carbocycles. The molecule has 1 fully saturated rings. The van der Waals surface area contributed by atoms with Crippen LogP contribution in [-0.2, 0) is 6.54 Å². The second kappa shape index (κ2) is 6.08. The molecule has 1 aromatic heterocycles. The second-order valence-corrected chi connectivity index (χ2v) is 6.10. The van der Waals surface area contributed by atoms with Crippen LogP contribution < -0.4 is 5.73 Å². The Balaban J connectivity index is 1.90. The number of hydrogen-bond donors (Lipinski definition) is 1. The predicted molar refractivity (Wildman–Crippen MR) is 83.4 cm³/mol. The number of hydrogen-bond acceptors (Lipinski definition) is 3. The molecule has 2 N–H and O–H groups in total. The molecule has 2 unspecified atom stereocenters. The van der Waals surface area contributed by atoms with Crippen molar-refractivity contribution in [1.29, 1.82) is 0 Å². The Morgan fingerprint density at radius 2 is 2.24 bits per heavy atom. The van der Waals surface area contributed by atoms with Crippen LogP contribution in [0.3, 0.4) is 0 Å². The number of nitrogens with zero attached hydrogens (tertiary/aromatic N) is 2. The van der Waals surface area contributed by atoms with Crippen molar-refractivity contribution in [3.63, 3.8) is 0 Å². The molecule has 0 amide bonds. The van der Waals surface area contributed by atoms with E-state index in [-0.39, 0.29) is 5.82 Å². The third-order valence-corrected chi connectivity index (χ3v) is 4.56. The molecule has 21 heavy (non-hydrogen) atoms. The van der Waals surface area contributed by atoms with Gasteiger partial charge in [-0.2, -0.15) is 0 Å². The van der Waals surface area contributed by atoms with Gasteiger partial charge >= 0.3 is 0 Å². The molecule has 2 aromatic rings. The average Bonchev–Trinajstić information content (AvgIpc) is 2.49. The van der Waals surface area contributed by atoms with E-state index in [2.05, 4.69) is 16.8 Å². The van der Waals surface area contributed by atoms with Crippen molar-refractivity contribution < 1.29 is 4.39 Å². The number of fused-ring (bicyclic) bond motifs is 1. The molecule has 0 radical (unpaired) electrons. The number of likely N-dealkylation sites (tertiary alicyclic amines) is 1. The van der Waals surface area contributed by atoms with Gasteiger partial charge in [-0.15, -0.1) is 0 Å². The third-order valence-electron chi connectivity index (χ3n) is 4.56. The van der Waals surface area contributed by atoms with Gasteiger partial charge in [-0.3, -0.25) is 9.88 Å². The standard InChI is InChI=1S/C17H22FN3/c1-12-4-5-13(9-19)10-21(12)11-15-8-16(18)7-14-3-2-6-20-17(14)15/h2-3,6-8,12-13H,4-5,9-11,19H2,1H3. The minimum Gasteiger partial charge on any atom is -0.330 e. The molecule has 112 valence electrons. The van der Waals surface area contributed by atoms with Crippen LogP contribution in [0.1, 0.15) is 25.3 Å². The third kappa shape index (κ3) is 3.06. The number of piperidine rings is 1. The van der Waals surface area contributed by atoms with Crippen LogP contribution in [0, 0.1) is 11.7 Å². The van der Waals surface area contributed by atoms with Gasteiger partial charge in [0.2, 0.25) is 0 Å². The predicted octanol–water partition coefficient (Wildman–Crippen LogP) is 2.93. The fourth-order valence-corrected chi connectivity index (χ4v) is 3.24. The Labute approximate surface area is 125 Å². The zero-order valence-electron chi connectivity index (χ0n) is 12.4. The molecule has 3 rings (SSSR count). The van der Waals surface area contributed by atoms with Gasteiger partial charge in [0.25, 0.3) is 0 Å². The largest absolute Gasteiger partial charge is 0.330 e. The number of halogens is 1. The maximum absolute atomic E-state index is 13.8. The molecule has 1 aliphatic rings. The summed E-state index contributed by atoms with van der Waals surface area (Å²) < 4.78 is 13.8. The topological polar surface area (TPSA) is 42.1 Å². The van der Waals surface area contributed by atoms with Crippen molar-refractivity contribution in [3.8, 4) is 0 Å². The summed E-state index contributed by atoms with van der Waals surface area (Å²) in [6.07, 6.45) is 4.12. The maximum Gasteiger partial charge on any atom is 0.124 e. The van der Waals surface area contributed by atoms with Crippen molar-refractivity contribution in [1.82, 2.24) is 9.88 Å². The van der Waals surface area contributed by atoms with E-state index in [1.165, 1.54) is 6.42 Å². The van der Waals surface area contributed by atoms with Crippen LogP contribution in [0.15, 0.2) is 30.5 Å². The molecule has 0 bridgehead atoms. The molecule has 2 heterocycles. The van der Waals surface area contributed by atoms with Crippen LogP contribution in [-0.4, -0.2) is 29.0 Å². The fourth-order valence-electron chi connectivity index (χ4n) is 3.24. The highest BCUT2D eigenvalue weighted by atomic mass is 19.1. The molecule has 1 aliphatic heterocycles. The molecule has 3 nitrogen and oxygen atoms in total. The van der Waals surface area contributed by atoms with Gasteiger partial charge in [0.05, 0.1) is 5.52 Å². The SMILES string of the molecule is CC1CCC(CN)CN1Cc1cc(F)cc2cccnc12. The van der Waals surface area contributed by atoms with Crippen LogP contribution in [0.4, 0.5) is 4.39 Å². The number of nitrogens with two attached hydrogens (primary N) is 1. The first-order valence-electron chi connectivity index (χ1n) is 7.64. The summed E-state index contributed by atoms with van der Waals surface area (Å²) in [4.78, 5) is 6.84. The molecule has 1 aromatic carbocycles. The van der Waals surface area contributed by atoms with E-state index in [0.29, 0.717) is 12.0 Å². The van der Waals surface area contributed by atoms with Crippen molar-refractivity contribution in [2.45, 2.75) is 32.4 Å². The summed E-state index contributed by atoms with van der Waals surface area (Å²) in [6, 6.07) is 7.44. The lowest BCUT2D eigenvalue weighted by molar-refractivity contribution is 0.113. The minimum absolute atomic E-state index is 0.189. The normalized spacial score (nSPS) is 23.6. The first kappa shape index (κ1) is 14.4. The average molecular weight is 287 g/mol. The van der Waals surface area contributed by atoms with Gasteiger partial charge in [0.1, 0.15) is 5.82 Å². The summed E-state index contributed by atoms with van der Waals surface area (Å²) in [7, 11) is 0. The smallest absolute Gasteiger partial charge is 0.124 e. The maximum atomic E-state index is 13.8. The molecule has 0 spiro atoms. The van der Waals surface area contributed by atoms with Gasteiger partial charge in [-0.1, -0.05) is 6.07 Å². The summed E-state index contributed by atoms with van der Waals surface area (Å²) in [5.74, 6) is 0.361. The summed E-state index contributed by atoms with van der Waals surface area (Å²) in [5, 5.41) is 0.868. The van der Waals surface area contributed by atoms with Crippen LogP contribution in [0.25, 0.3) is 10.9 Å². The van der Waals surface area contributed by atoms with Crippen LogP contribution >= 0.6 is 0 Å². The van der Waals surface area contributed by atoms with Crippen molar-refractivity contribution in [2.24, 2.45) is 11.7 Å². The van der Waals surface area contributed by atoms with Crippen LogP contribution in [0.5, 0.6) is 0 Å². The second-order valence-electron chi connectivity index (χ2n) is 6.10. The van der Waals surface area contributed by atoms with E-state index in [1.54, 1.807) is 18.3 Å². The lowest BCUT2D eigenvalue weighted by Crippen LogP contribution is -2.43. The summed E-state index contributed by atoms with van der Waals surface area (Å²) >= 11 is 0. The number of benzene rings is 1. The number of pyridine rings is 1. The summed E-state index contributed by atoms with van der Waals surface area (Å²) in [5.41, 5.74) is 7.69. The number of aromatic nitrogens is 1. The Morgan fingerprint density at radius 1 is 1.38 bits per heavy atom. The van der Waals surface area contributed by atoms with Gasteiger partial charge in [0, 0.05) is 30.7 Å². The Hall–Kier alpha value is -1.52. The molecule has 1 saturated heterocycles. The van der Waals surface area contributed by atoms with E-state index in [0.717, 1.165) is 42.5 Å². The summed E-state index contributed by atoms with van der Waals surface area (Å²) in [6.45, 7) is 4.69. The highest BCUT2D eigenvalue weighted by Gasteiger charge is 2.25. The van der Waals surface area contributed by atoms with E-state index >= 15 is 0 Å². The lowest BCUT2D eigenvalue weighted by Gasteiger charge is -2.37. The van der Waals surface area contributed by atoms with E-state index in [9.17, 15) is 4.39 Å². The van der Waals surface area contributed by atoms with Crippen molar-refractivity contribution in [3.05, 3.63) is 41.8 Å². The van der Waals surface area contributed by atoms with E-state index in [1.807, 2.05) is 12.1 Å². The van der Waals surface area contributed by atoms with Gasteiger partial charge in [0.15, 0.2) is 0 Å². The van der Waals surface area contributed by atoms with Crippen molar-refractivity contribution in [2.75, 3.05) is 13.1 Å². The van der Waals surface area contributed by atoms with Gasteiger partial charge in [-0.25, -0.2) is 4.39 Å². The van der Waals surface area contributed by atoms with Gasteiger partial charge in [-0.05, 0) is 56.0 Å². The first-order chi connectivity index (χ1) is 10.2. The molecule has 0 aliphatic carbocycles. The quantitative estimate of drug-likeness (QED) is 0.943. The first-order valence-corrected chi connectivity index (χ1v) is 7.64. The van der Waals surface area contributed by atoms with E-state index < -0.39 is 0 Å².